The van der Waals surface area contributed by atoms with E-state index in [2.05, 4.69) is 5.10 Å². The van der Waals surface area contributed by atoms with Crippen molar-refractivity contribution in [1.29, 1.82) is 0 Å². The summed E-state index contributed by atoms with van der Waals surface area (Å²) < 4.78 is 46.2. The molecule has 0 aromatic heterocycles. The Hall–Kier alpha value is -3.56. The molecule has 0 bridgehead atoms. The van der Waals surface area contributed by atoms with E-state index < -0.39 is 18.5 Å². The van der Waals surface area contributed by atoms with Gasteiger partial charge in [-0.15, -0.1) is 5.10 Å². The molecule has 2 aliphatic heterocycles. The molecule has 1 fully saturated rings. The van der Waals surface area contributed by atoms with Crippen LogP contribution in [0.25, 0.3) is 0 Å². The summed E-state index contributed by atoms with van der Waals surface area (Å²) in [6.45, 7) is 2.42. The molecule has 0 aliphatic carbocycles. The van der Waals surface area contributed by atoms with Crippen LogP contribution in [0.15, 0.2) is 53.6 Å². The van der Waals surface area contributed by atoms with E-state index in [9.17, 15) is 18.4 Å². The largest absolute Gasteiger partial charge is 0.444 e. The molecule has 2 aromatic carbocycles. The van der Waals surface area contributed by atoms with E-state index in [0.29, 0.717) is 25.2 Å². The second-order valence-corrected chi connectivity index (χ2v) is 8.24. The fourth-order valence-corrected chi connectivity index (χ4v) is 3.92. The lowest BCUT2D eigenvalue weighted by Crippen LogP contribution is -2.56. The van der Waals surface area contributed by atoms with Crippen LogP contribution < -0.4 is 4.90 Å². The van der Waals surface area contributed by atoms with Crippen LogP contribution >= 0.6 is 0 Å². The number of hydrogen-bond donors (Lipinski definition) is 0. The molecule has 34 heavy (non-hydrogen) atoms. The van der Waals surface area contributed by atoms with E-state index >= 15 is 4.39 Å². The zero-order valence-corrected chi connectivity index (χ0v) is 18.8. The molecule has 2 amide bonds. The molecule has 2 heterocycles. The first kappa shape index (κ1) is 23.6. The molecule has 4 rings (SSSR count). The highest BCUT2D eigenvalue weighted by Crippen LogP contribution is 2.27. The third kappa shape index (κ3) is 4.71. The standard InChI is InChI=1S/C24H25F3N4O3/c1-3-20(32)30-12-17(13-30)23(33)31(18-7-5-4-6-8-18)14-16-10-9-15(11-19(16)25)22-28-29(2)24(34-22)21(26)27/h4-11,17,21,24H,3,12-14H2,1-2H3. The number of nitrogens with zero attached hydrogens (tertiary/aromatic N) is 4. The molecule has 0 radical (unpaired) electrons. The van der Waals surface area contributed by atoms with E-state index in [0.717, 1.165) is 11.1 Å². The number of halogens is 3. The van der Waals surface area contributed by atoms with Gasteiger partial charge in [-0.1, -0.05) is 31.2 Å². The normalized spacial score (nSPS) is 17.9. The van der Waals surface area contributed by atoms with Gasteiger partial charge >= 0.3 is 0 Å². The van der Waals surface area contributed by atoms with E-state index in [-0.39, 0.29) is 41.3 Å². The Bertz CT molecular complexity index is 1090. The maximum absolute atomic E-state index is 15.0. The summed E-state index contributed by atoms with van der Waals surface area (Å²) in [5, 5.41) is 4.92. The van der Waals surface area contributed by atoms with Gasteiger partial charge in [0.15, 0.2) is 0 Å². The predicted octanol–water partition coefficient (Wildman–Crippen LogP) is 3.44. The second kappa shape index (κ2) is 9.74. The van der Waals surface area contributed by atoms with Crippen molar-refractivity contribution < 1.29 is 27.5 Å². The number of ether oxygens (including phenoxy) is 1. The Balaban J connectivity index is 1.52. The Morgan fingerprint density at radius 1 is 1.18 bits per heavy atom. The molecule has 1 atom stereocenters. The summed E-state index contributed by atoms with van der Waals surface area (Å²) in [5.41, 5.74) is 1.09. The first-order chi connectivity index (χ1) is 16.3. The zero-order valence-electron chi connectivity index (χ0n) is 18.8. The molecular weight excluding hydrogens is 449 g/mol. The van der Waals surface area contributed by atoms with Gasteiger partial charge < -0.3 is 14.5 Å². The maximum Gasteiger partial charge on any atom is 0.295 e. The Morgan fingerprint density at radius 2 is 1.88 bits per heavy atom. The van der Waals surface area contributed by atoms with E-state index in [1.165, 1.54) is 24.1 Å². The van der Waals surface area contributed by atoms with Crippen LogP contribution in [-0.4, -0.2) is 60.4 Å². The van der Waals surface area contributed by atoms with Crippen LogP contribution in [0.1, 0.15) is 24.5 Å². The number of para-hydroxylation sites is 1. The van der Waals surface area contributed by atoms with E-state index in [1.54, 1.807) is 36.1 Å². The molecule has 0 N–H and O–H groups in total. The van der Waals surface area contributed by atoms with Crippen molar-refractivity contribution in [2.45, 2.75) is 32.5 Å². The zero-order chi connectivity index (χ0) is 24.4. The fourth-order valence-electron chi connectivity index (χ4n) is 3.92. The van der Waals surface area contributed by atoms with Gasteiger partial charge in [-0.3, -0.25) is 14.6 Å². The maximum atomic E-state index is 15.0. The number of amides is 2. The monoisotopic (exact) mass is 474 g/mol. The number of carbonyl (C=O) groups excluding carboxylic acids is 2. The predicted molar refractivity (Wildman–Crippen MR) is 120 cm³/mol. The third-order valence-corrected chi connectivity index (χ3v) is 5.91. The number of rotatable bonds is 7. The highest BCUT2D eigenvalue weighted by molar-refractivity contribution is 5.97. The van der Waals surface area contributed by atoms with Gasteiger partial charge in [0.05, 0.1) is 12.5 Å². The SMILES string of the molecule is CCC(=O)N1CC(C(=O)N(Cc2ccc(C3=NN(C)C(C(F)F)O3)cc2F)c2ccccc2)C1. The molecule has 1 saturated heterocycles. The molecule has 2 aliphatic rings. The second-order valence-electron chi connectivity index (χ2n) is 8.24. The molecule has 1 unspecified atom stereocenters. The van der Waals surface area contributed by atoms with Crippen LogP contribution in [0, 0.1) is 11.7 Å². The van der Waals surface area contributed by atoms with Gasteiger partial charge in [-0.05, 0) is 24.3 Å². The highest BCUT2D eigenvalue weighted by atomic mass is 19.3. The lowest BCUT2D eigenvalue weighted by atomic mass is 9.97. The van der Waals surface area contributed by atoms with Crippen molar-refractivity contribution in [2.24, 2.45) is 11.0 Å². The Kier molecular flexibility index (Phi) is 6.76. The topological polar surface area (TPSA) is 65.5 Å². The minimum Gasteiger partial charge on any atom is -0.444 e. The van der Waals surface area contributed by atoms with Crippen molar-refractivity contribution in [3.63, 3.8) is 0 Å². The molecular formula is C24H25F3N4O3. The van der Waals surface area contributed by atoms with Crippen LogP contribution in [0.5, 0.6) is 0 Å². The van der Waals surface area contributed by atoms with Crippen molar-refractivity contribution in [3.05, 3.63) is 65.5 Å². The lowest BCUT2D eigenvalue weighted by molar-refractivity contribution is -0.141. The van der Waals surface area contributed by atoms with Crippen LogP contribution in [0.3, 0.4) is 0 Å². The number of carbonyl (C=O) groups is 2. The first-order valence-electron chi connectivity index (χ1n) is 11.0. The van der Waals surface area contributed by atoms with Crippen LogP contribution in [-0.2, 0) is 20.9 Å². The van der Waals surface area contributed by atoms with Gasteiger partial charge in [-0.2, -0.15) is 0 Å². The number of likely N-dealkylation sites (tertiary alicyclic amines) is 1. The summed E-state index contributed by atoms with van der Waals surface area (Å²) in [4.78, 5) is 28.2. The summed E-state index contributed by atoms with van der Waals surface area (Å²) in [5.74, 6) is -1.27. The number of hydrazone groups is 1. The molecule has 0 spiro atoms. The minimum atomic E-state index is -2.77. The van der Waals surface area contributed by atoms with Crippen LogP contribution in [0.4, 0.5) is 18.9 Å². The Morgan fingerprint density at radius 3 is 2.47 bits per heavy atom. The minimum absolute atomic E-state index is 0.00582. The smallest absolute Gasteiger partial charge is 0.295 e. The number of anilines is 1. The van der Waals surface area contributed by atoms with Crippen molar-refractivity contribution in [3.8, 4) is 0 Å². The average molecular weight is 474 g/mol. The van der Waals surface area contributed by atoms with Crippen molar-refractivity contribution >= 4 is 23.4 Å². The average Bonchev–Trinajstić information content (AvgIpc) is 3.19. The summed E-state index contributed by atoms with van der Waals surface area (Å²) in [6.07, 6.45) is -3.91. The van der Waals surface area contributed by atoms with Gasteiger partial charge in [0.2, 0.25) is 23.9 Å². The highest BCUT2D eigenvalue weighted by Gasteiger charge is 2.38. The van der Waals surface area contributed by atoms with Crippen molar-refractivity contribution in [1.82, 2.24) is 9.91 Å². The van der Waals surface area contributed by atoms with Gasteiger partial charge in [0, 0.05) is 43.4 Å². The molecule has 2 aromatic rings. The first-order valence-corrected chi connectivity index (χ1v) is 11.0. The third-order valence-electron chi connectivity index (χ3n) is 5.91. The summed E-state index contributed by atoms with van der Waals surface area (Å²) >= 11 is 0. The van der Waals surface area contributed by atoms with E-state index in [4.69, 9.17) is 4.74 Å². The van der Waals surface area contributed by atoms with E-state index in [1.807, 2.05) is 6.07 Å². The number of hydrogen-bond acceptors (Lipinski definition) is 5. The molecule has 180 valence electrons. The molecule has 10 heteroatoms. The van der Waals surface area contributed by atoms with Crippen molar-refractivity contribution in [2.75, 3.05) is 25.0 Å². The number of alkyl halides is 2. The molecule has 7 nitrogen and oxygen atoms in total. The van der Waals surface area contributed by atoms with Gasteiger partial charge in [0.25, 0.3) is 6.43 Å². The summed E-state index contributed by atoms with van der Waals surface area (Å²) in [7, 11) is 1.35. The quantitative estimate of drug-likeness (QED) is 0.617. The van der Waals surface area contributed by atoms with Gasteiger partial charge in [-0.25, -0.2) is 13.2 Å². The lowest BCUT2D eigenvalue weighted by Gasteiger charge is -2.40. The number of benzene rings is 2. The van der Waals surface area contributed by atoms with Gasteiger partial charge in [0.1, 0.15) is 5.82 Å². The van der Waals surface area contributed by atoms with Crippen LogP contribution in [0.2, 0.25) is 0 Å². The summed E-state index contributed by atoms with van der Waals surface area (Å²) in [6, 6.07) is 13.1. The fraction of sp³-hybridized carbons (Fsp3) is 0.375. The molecule has 0 saturated carbocycles. The Labute approximate surface area is 195 Å².